The van der Waals surface area contributed by atoms with Crippen molar-refractivity contribution in [2.45, 2.75) is 19.5 Å². The molecule has 0 spiro atoms. The van der Waals surface area contributed by atoms with Crippen molar-refractivity contribution >= 4 is 36.5 Å². The number of rotatable bonds is 7. The average Bonchev–Trinajstić information content (AvgIpc) is 2.97. The van der Waals surface area contributed by atoms with Crippen molar-refractivity contribution in [3.05, 3.63) is 168 Å². The molecule has 6 heteroatoms. The molecular weight excluding hydrogens is 538 g/mol. The molecule has 0 aliphatic heterocycles. The van der Waals surface area contributed by atoms with Gasteiger partial charge < -0.3 is 17.3 Å². The summed E-state index contributed by atoms with van der Waals surface area (Å²) < 4.78 is 39.0. The van der Waals surface area contributed by atoms with Crippen LogP contribution in [-0.4, -0.2) is 7.25 Å². The molecule has 1 atom stereocenters. The van der Waals surface area contributed by atoms with Crippen molar-refractivity contribution in [2.75, 3.05) is 0 Å². The first-order valence-electron chi connectivity index (χ1n) is 13.4. The molecule has 41 heavy (non-hydrogen) atoms. The molecule has 0 aliphatic carbocycles. The molecule has 0 heterocycles. The Kier molecular flexibility index (Phi) is 9.97. The van der Waals surface area contributed by atoms with E-state index < -0.39 is 14.5 Å². The predicted molar refractivity (Wildman–Crippen MR) is 169 cm³/mol. The molecule has 0 aliphatic rings. The third-order valence-corrected chi connectivity index (χ3v) is 11.5. The summed E-state index contributed by atoms with van der Waals surface area (Å²) in [6, 6.07) is 51.4. The minimum absolute atomic E-state index is 0.173. The van der Waals surface area contributed by atoms with Gasteiger partial charge in [-0.3, -0.25) is 0 Å². The SMILES string of the molecule is Cc1ccc(/C=C/C(c2ccc(C)cc2)[P+](c2ccccc2)(c2ccccc2)c2ccccc2)cc1.F[B-](F)(F)F. The smallest absolute Gasteiger partial charge is 0.418 e. The van der Waals surface area contributed by atoms with Crippen molar-refractivity contribution < 1.29 is 17.3 Å². The summed E-state index contributed by atoms with van der Waals surface area (Å²) in [4.78, 5) is 0. The molecule has 0 fully saturated rings. The van der Waals surface area contributed by atoms with Crippen molar-refractivity contribution in [2.24, 2.45) is 0 Å². The fraction of sp³-hybridized carbons (Fsp3) is 0.0857. The average molecular weight is 570 g/mol. The second-order valence-corrected chi connectivity index (χ2v) is 13.4. The maximum absolute atomic E-state index is 9.75. The predicted octanol–water partition coefficient (Wildman–Crippen LogP) is 9.35. The second kappa shape index (κ2) is 13.6. The number of hydrogen-bond donors (Lipinski definition) is 0. The van der Waals surface area contributed by atoms with Crippen LogP contribution in [0.4, 0.5) is 17.3 Å². The van der Waals surface area contributed by atoms with Crippen LogP contribution in [0, 0.1) is 13.8 Å². The van der Waals surface area contributed by atoms with Gasteiger partial charge in [0.25, 0.3) is 0 Å². The highest BCUT2D eigenvalue weighted by Crippen LogP contribution is 2.67. The molecule has 0 N–H and O–H groups in total. The van der Waals surface area contributed by atoms with Gasteiger partial charge in [0, 0.05) is 0 Å². The standard InChI is InChI=1S/C35H32P.BF4/c1-28-18-22-30(23-19-28)24-27-35(31-25-20-29(2)21-26-31)36(32-12-6-3-7-13-32,33-14-8-4-9-15-33)34-16-10-5-11-17-34;2-1(3,4)5/h3-27,35H,1-2H3;/q+1;-1/b27-24+;. The van der Waals surface area contributed by atoms with Crippen molar-refractivity contribution in [1.29, 1.82) is 0 Å². The molecule has 5 aromatic rings. The van der Waals surface area contributed by atoms with Crippen molar-refractivity contribution in [3.63, 3.8) is 0 Å². The Morgan fingerprint density at radius 3 is 1.22 bits per heavy atom. The minimum atomic E-state index is -6.00. The van der Waals surface area contributed by atoms with Gasteiger partial charge in [-0.15, -0.1) is 0 Å². The van der Waals surface area contributed by atoms with E-state index in [2.05, 4.69) is 166 Å². The van der Waals surface area contributed by atoms with Gasteiger partial charge in [0.15, 0.2) is 0 Å². The van der Waals surface area contributed by atoms with Crippen LogP contribution >= 0.6 is 7.26 Å². The molecule has 1 unspecified atom stereocenters. The zero-order chi connectivity index (χ0) is 29.3. The highest BCUT2D eigenvalue weighted by Gasteiger charge is 2.52. The van der Waals surface area contributed by atoms with Gasteiger partial charge in [-0.1, -0.05) is 120 Å². The first kappa shape index (κ1) is 30.0. The lowest BCUT2D eigenvalue weighted by atomic mass is 10.1. The first-order chi connectivity index (χ1) is 19.7. The van der Waals surface area contributed by atoms with E-state index in [9.17, 15) is 17.3 Å². The van der Waals surface area contributed by atoms with E-state index in [1.54, 1.807) is 0 Å². The molecule has 0 aromatic heterocycles. The summed E-state index contributed by atoms with van der Waals surface area (Å²) in [5.74, 6) is 0. The molecule has 0 radical (unpaired) electrons. The van der Waals surface area contributed by atoms with Gasteiger partial charge in [0.05, 0.1) is 0 Å². The minimum Gasteiger partial charge on any atom is -0.418 e. The van der Waals surface area contributed by atoms with E-state index in [0.717, 1.165) is 0 Å². The zero-order valence-corrected chi connectivity index (χ0v) is 23.9. The highest BCUT2D eigenvalue weighted by molar-refractivity contribution is 7.96. The van der Waals surface area contributed by atoms with Crippen molar-refractivity contribution in [1.82, 2.24) is 0 Å². The van der Waals surface area contributed by atoms with Crippen LogP contribution < -0.4 is 15.9 Å². The fourth-order valence-corrected chi connectivity index (χ4v) is 9.77. The van der Waals surface area contributed by atoms with Gasteiger partial charge in [-0.2, -0.15) is 0 Å². The van der Waals surface area contributed by atoms with Crippen LogP contribution in [0.2, 0.25) is 0 Å². The molecule has 208 valence electrons. The Labute approximate surface area is 240 Å². The van der Waals surface area contributed by atoms with E-state index in [0.29, 0.717) is 0 Å². The molecule has 5 aromatic carbocycles. The first-order valence-corrected chi connectivity index (χ1v) is 15.3. The molecular formula is C35H32BF4P. The summed E-state index contributed by atoms with van der Waals surface area (Å²) in [7, 11) is -8.13. The number of hydrogen-bond acceptors (Lipinski definition) is 0. The monoisotopic (exact) mass is 570 g/mol. The Balaban J connectivity index is 0.000000714. The quantitative estimate of drug-likeness (QED) is 0.104. The van der Waals surface area contributed by atoms with E-state index >= 15 is 0 Å². The Morgan fingerprint density at radius 1 is 0.512 bits per heavy atom. The van der Waals surface area contributed by atoms with Crippen LogP contribution in [0.5, 0.6) is 0 Å². The largest absolute Gasteiger partial charge is 0.673 e. The van der Waals surface area contributed by atoms with Crippen LogP contribution in [0.3, 0.4) is 0 Å². The molecule has 0 saturated carbocycles. The lowest BCUT2D eigenvalue weighted by molar-refractivity contribution is 0.368. The van der Waals surface area contributed by atoms with Crippen LogP contribution in [-0.2, 0) is 0 Å². The lowest BCUT2D eigenvalue weighted by Crippen LogP contribution is -2.34. The van der Waals surface area contributed by atoms with Gasteiger partial charge in [-0.05, 0) is 67.4 Å². The Bertz CT molecular complexity index is 1410. The fourth-order valence-electron chi connectivity index (χ4n) is 5.03. The van der Waals surface area contributed by atoms with E-state index in [4.69, 9.17) is 0 Å². The van der Waals surface area contributed by atoms with E-state index in [1.807, 2.05) is 0 Å². The third kappa shape index (κ3) is 7.83. The Hall–Kier alpha value is -3.95. The third-order valence-electron chi connectivity index (χ3n) is 6.87. The second-order valence-electron chi connectivity index (χ2n) is 9.85. The number of halogens is 4. The van der Waals surface area contributed by atoms with Crippen LogP contribution in [0.1, 0.15) is 27.9 Å². The van der Waals surface area contributed by atoms with Gasteiger partial charge in [0.1, 0.15) is 28.8 Å². The van der Waals surface area contributed by atoms with E-state index in [-0.39, 0.29) is 5.66 Å². The van der Waals surface area contributed by atoms with Crippen LogP contribution in [0.15, 0.2) is 146 Å². The zero-order valence-electron chi connectivity index (χ0n) is 23.0. The number of benzene rings is 5. The summed E-state index contributed by atoms with van der Waals surface area (Å²) in [6.07, 6.45) is 4.77. The molecule has 0 bridgehead atoms. The highest BCUT2D eigenvalue weighted by atomic mass is 31.2. The maximum atomic E-state index is 9.75. The summed E-state index contributed by atoms with van der Waals surface area (Å²) in [5, 5.41) is 4.17. The van der Waals surface area contributed by atoms with E-state index in [1.165, 1.54) is 38.2 Å². The molecule has 5 rings (SSSR count). The molecule has 0 amide bonds. The van der Waals surface area contributed by atoms with Gasteiger partial charge >= 0.3 is 7.25 Å². The number of aryl methyl sites for hydroxylation is 2. The van der Waals surface area contributed by atoms with Gasteiger partial charge in [0.2, 0.25) is 0 Å². The summed E-state index contributed by atoms with van der Waals surface area (Å²) in [5.41, 5.74) is 5.30. The number of allylic oxidation sites excluding steroid dienone is 1. The summed E-state index contributed by atoms with van der Waals surface area (Å²) >= 11 is 0. The van der Waals surface area contributed by atoms with Crippen molar-refractivity contribution in [3.8, 4) is 0 Å². The van der Waals surface area contributed by atoms with Gasteiger partial charge in [-0.25, -0.2) is 0 Å². The molecule has 0 saturated heterocycles. The summed E-state index contributed by atoms with van der Waals surface area (Å²) in [6.45, 7) is 4.30. The normalized spacial score (nSPS) is 12.4. The topological polar surface area (TPSA) is 0 Å². The van der Waals surface area contributed by atoms with Crippen LogP contribution in [0.25, 0.3) is 6.08 Å². The lowest BCUT2D eigenvalue weighted by Gasteiger charge is -2.34. The molecule has 0 nitrogen and oxygen atoms in total. The Morgan fingerprint density at radius 2 is 0.854 bits per heavy atom. The maximum Gasteiger partial charge on any atom is 0.673 e.